The van der Waals surface area contributed by atoms with Gasteiger partial charge >= 0.3 is 12.1 Å². The molecule has 2 aromatic rings. The van der Waals surface area contributed by atoms with Crippen molar-refractivity contribution in [1.29, 1.82) is 0 Å². The Morgan fingerprint density at radius 2 is 1.56 bits per heavy atom. The zero-order valence-electron chi connectivity index (χ0n) is 20.0. The Morgan fingerprint density at radius 3 is 2.12 bits per heavy atom. The highest BCUT2D eigenvalue weighted by atomic mass is 16.6. The minimum Gasteiger partial charge on any atom is -0.459 e. The minimum absolute atomic E-state index is 0.0870. The zero-order valence-corrected chi connectivity index (χ0v) is 20.0. The van der Waals surface area contributed by atoms with Crippen molar-refractivity contribution in [3.05, 3.63) is 71.8 Å². The van der Waals surface area contributed by atoms with E-state index in [4.69, 9.17) is 14.2 Å². The van der Waals surface area contributed by atoms with Crippen LogP contribution in [0.15, 0.2) is 60.7 Å². The third kappa shape index (κ3) is 7.83. The Balaban J connectivity index is 1.65. The van der Waals surface area contributed by atoms with Crippen LogP contribution in [0.4, 0.5) is 4.79 Å². The van der Waals surface area contributed by atoms with Crippen LogP contribution in [0.5, 0.6) is 0 Å². The zero-order chi connectivity index (χ0) is 24.6. The molecule has 0 radical (unpaired) electrons. The number of alkyl carbamates (subject to hydrolysis) is 1. The van der Waals surface area contributed by atoms with E-state index in [1.807, 2.05) is 86.3 Å². The lowest BCUT2D eigenvalue weighted by Crippen LogP contribution is -2.57. The van der Waals surface area contributed by atoms with Crippen molar-refractivity contribution >= 4 is 12.1 Å². The molecular weight excluding hydrogens is 436 g/mol. The summed E-state index contributed by atoms with van der Waals surface area (Å²) in [5.41, 5.74) is -0.107. The summed E-state index contributed by atoms with van der Waals surface area (Å²) in [7, 11) is 0. The molecule has 3 rings (SSSR count). The van der Waals surface area contributed by atoms with Gasteiger partial charge in [0, 0.05) is 19.6 Å². The first-order valence-corrected chi connectivity index (χ1v) is 11.4. The van der Waals surface area contributed by atoms with Gasteiger partial charge in [-0.1, -0.05) is 60.7 Å². The Morgan fingerprint density at radius 1 is 1.00 bits per heavy atom. The summed E-state index contributed by atoms with van der Waals surface area (Å²) < 4.78 is 16.5. The van der Waals surface area contributed by atoms with Crippen molar-refractivity contribution < 1.29 is 28.9 Å². The number of nitrogens with one attached hydrogen (secondary N) is 1. The lowest BCUT2D eigenvalue weighted by Gasteiger charge is -2.30. The molecule has 34 heavy (non-hydrogen) atoms. The van der Waals surface area contributed by atoms with Crippen LogP contribution >= 0.6 is 0 Å². The lowest BCUT2D eigenvalue weighted by atomic mass is 9.99. The highest BCUT2D eigenvalue weighted by Gasteiger charge is 2.48. The standard InChI is InChI=1S/C26H34N2O6/c1-25(2,3)34-22(29)16-28-15-14-26(19-28,23(30)32-17-20-10-6-4-7-11-20)27-24(31)33-18-21-12-8-5-9-13-21/h4-13,22,29H,14-19H2,1-3H3,(H,27,31)/t22-,26-/m0/s1. The number of amides is 1. The molecule has 2 N–H and O–H groups in total. The number of nitrogens with zero attached hydrogens (tertiary/aromatic N) is 1. The van der Waals surface area contributed by atoms with Crippen molar-refractivity contribution in [2.24, 2.45) is 0 Å². The topological polar surface area (TPSA) is 97.3 Å². The molecule has 0 aromatic heterocycles. The van der Waals surface area contributed by atoms with Gasteiger partial charge in [-0.15, -0.1) is 0 Å². The number of esters is 1. The predicted molar refractivity (Wildman–Crippen MR) is 127 cm³/mol. The summed E-state index contributed by atoms with van der Waals surface area (Å²) in [6, 6.07) is 18.7. The Hall–Kier alpha value is -2.94. The number of aliphatic hydroxyl groups excluding tert-OH is 1. The molecule has 0 spiro atoms. The molecule has 0 saturated carbocycles. The molecule has 184 valence electrons. The van der Waals surface area contributed by atoms with Crippen LogP contribution in [0.2, 0.25) is 0 Å². The van der Waals surface area contributed by atoms with Gasteiger partial charge in [0.05, 0.1) is 5.60 Å². The van der Waals surface area contributed by atoms with E-state index in [-0.39, 0.29) is 26.3 Å². The number of carbonyl (C=O) groups is 2. The van der Waals surface area contributed by atoms with Gasteiger partial charge in [-0.25, -0.2) is 9.59 Å². The summed E-state index contributed by atoms with van der Waals surface area (Å²) in [4.78, 5) is 27.7. The van der Waals surface area contributed by atoms with Crippen molar-refractivity contribution in [2.45, 2.75) is 57.8 Å². The molecule has 1 amide bonds. The van der Waals surface area contributed by atoms with Gasteiger partial charge in [-0.05, 0) is 38.3 Å². The smallest absolute Gasteiger partial charge is 0.408 e. The van der Waals surface area contributed by atoms with Gasteiger partial charge in [0.15, 0.2) is 11.8 Å². The van der Waals surface area contributed by atoms with Gasteiger partial charge in [-0.3, -0.25) is 4.90 Å². The Labute approximate surface area is 200 Å². The van der Waals surface area contributed by atoms with E-state index >= 15 is 0 Å². The first-order chi connectivity index (χ1) is 16.2. The van der Waals surface area contributed by atoms with E-state index in [2.05, 4.69) is 5.32 Å². The number of ether oxygens (including phenoxy) is 3. The second-order valence-electron chi connectivity index (χ2n) is 9.50. The van der Waals surface area contributed by atoms with E-state index in [9.17, 15) is 14.7 Å². The summed E-state index contributed by atoms with van der Waals surface area (Å²) in [5, 5.41) is 13.1. The first kappa shape index (κ1) is 25.7. The van der Waals surface area contributed by atoms with Crippen LogP contribution in [-0.4, -0.2) is 59.1 Å². The number of hydrogen-bond donors (Lipinski definition) is 2. The van der Waals surface area contributed by atoms with Gasteiger partial charge in [0.2, 0.25) is 0 Å². The molecule has 8 heteroatoms. The van der Waals surface area contributed by atoms with Crippen LogP contribution in [-0.2, 0) is 32.2 Å². The highest BCUT2D eigenvalue weighted by molar-refractivity contribution is 5.86. The van der Waals surface area contributed by atoms with Crippen molar-refractivity contribution in [1.82, 2.24) is 10.2 Å². The van der Waals surface area contributed by atoms with Crippen molar-refractivity contribution in [2.75, 3.05) is 19.6 Å². The minimum atomic E-state index is -1.29. The number of aliphatic hydroxyl groups is 1. The molecule has 0 bridgehead atoms. The summed E-state index contributed by atoms with van der Waals surface area (Å²) in [5.74, 6) is -0.540. The molecule has 1 aliphatic heterocycles. The largest absolute Gasteiger partial charge is 0.459 e. The number of carbonyl (C=O) groups excluding carboxylic acids is 2. The number of β-amino-alcohol motifs (C(OH)–C–C–N with tert-alkyl or cyclic N) is 1. The van der Waals surface area contributed by atoms with Crippen LogP contribution in [0, 0.1) is 0 Å². The van der Waals surface area contributed by atoms with Crippen LogP contribution in [0.1, 0.15) is 38.3 Å². The summed E-state index contributed by atoms with van der Waals surface area (Å²) in [6.45, 7) is 6.60. The average molecular weight is 471 g/mol. The summed E-state index contributed by atoms with van der Waals surface area (Å²) in [6.07, 6.45) is -1.40. The number of benzene rings is 2. The van der Waals surface area contributed by atoms with Crippen molar-refractivity contribution in [3.63, 3.8) is 0 Å². The lowest BCUT2D eigenvalue weighted by molar-refractivity contribution is -0.173. The predicted octanol–water partition coefficient (Wildman–Crippen LogP) is 3.23. The molecular formula is C26H34N2O6. The first-order valence-electron chi connectivity index (χ1n) is 11.4. The molecule has 1 heterocycles. The molecule has 1 aliphatic rings. The van der Waals surface area contributed by atoms with E-state index in [0.717, 1.165) is 11.1 Å². The SMILES string of the molecule is CC(C)(C)O[C@H](O)CN1CC[C@@](NC(=O)OCc2ccccc2)(C(=O)OCc2ccccc2)C1. The van der Waals surface area contributed by atoms with Crippen LogP contribution in [0.3, 0.4) is 0 Å². The average Bonchev–Trinajstić information content (AvgIpc) is 3.19. The molecule has 0 unspecified atom stereocenters. The molecule has 1 saturated heterocycles. The fraction of sp³-hybridized carbons (Fsp3) is 0.462. The number of likely N-dealkylation sites (tertiary alicyclic amines) is 1. The molecule has 2 atom stereocenters. The maximum absolute atomic E-state index is 13.2. The maximum Gasteiger partial charge on any atom is 0.408 e. The normalized spacial score (nSPS) is 19.4. The highest BCUT2D eigenvalue weighted by Crippen LogP contribution is 2.25. The number of rotatable bonds is 9. The van der Waals surface area contributed by atoms with E-state index in [0.29, 0.717) is 13.0 Å². The Bertz CT molecular complexity index is 931. The van der Waals surface area contributed by atoms with Gasteiger partial charge in [0.25, 0.3) is 0 Å². The van der Waals surface area contributed by atoms with E-state index < -0.39 is 29.5 Å². The molecule has 0 aliphatic carbocycles. The second kappa shape index (κ2) is 11.5. The van der Waals surface area contributed by atoms with E-state index in [1.165, 1.54) is 0 Å². The fourth-order valence-electron chi connectivity index (χ4n) is 3.85. The molecule has 8 nitrogen and oxygen atoms in total. The Kier molecular flexibility index (Phi) is 8.66. The van der Waals surface area contributed by atoms with Crippen molar-refractivity contribution in [3.8, 4) is 0 Å². The third-order valence-corrected chi connectivity index (χ3v) is 5.41. The summed E-state index contributed by atoms with van der Waals surface area (Å²) >= 11 is 0. The fourth-order valence-corrected chi connectivity index (χ4v) is 3.85. The molecule has 1 fully saturated rings. The number of hydrogen-bond acceptors (Lipinski definition) is 7. The van der Waals surface area contributed by atoms with Gasteiger partial charge < -0.3 is 24.6 Å². The monoisotopic (exact) mass is 470 g/mol. The maximum atomic E-state index is 13.2. The molecule has 2 aromatic carbocycles. The third-order valence-electron chi connectivity index (χ3n) is 5.41. The quantitative estimate of drug-likeness (QED) is 0.429. The van der Waals surface area contributed by atoms with Gasteiger partial charge in [0.1, 0.15) is 13.2 Å². The van der Waals surface area contributed by atoms with E-state index in [1.54, 1.807) is 0 Å². The van der Waals surface area contributed by atoms with Crippen LogP contribution in [0.25, 0.3) is 0 Å². The van der Waals surface area contributed by atoms with Crippen LogP contribution < -0.4 is 5.32 Å². The van der Waals surface area contributed by atoms with Gasteiger partial charge in [-0.2, -0.15) is 0 Å². The second-order valence-corrected chi connectivity index (χ2v) is 9.50.